The lowest BCUT2D eigenvalue weighted by molar-refractivity contribution is 0.201. The van der Waals surface area contributed by atoms with Crippen LogP contribution in [0.3, 0.4) is 0 Å². The van der Waals surface area contributed by atoms with Gasteiger partial charge in [0.2, 0.25) is 11.8 Å². The zero-order valence-electron chi connectivity index (χ0n) is 11.7. The minimum Gasteiger partial charge on any atom is -0.480 e. The van der Waals surface area contributed by atoms with Crippen molar-refractivity contribution in [3.63, 3.8) is 0 Å². The molecule has 1 atom stereocenters. The van der Waals surface area contributed by atoms with Gasteiger partial charge in [0.05, 0.1) is 20.4 Å². The lowest BCUT2D eigenvalue weighted by Gasteiger charge is -2.15. The largest absolute Gasteiger partial charge is 0.480 e. The maximum absolute atomic E-state index is 13.8. The highest BCUT2D eigenvalue weighted by molar-refractivity contribution is 5.35. The van der Waals surface area contributed by atoms with Crippen molar-refractivity contribution in [1.29, 1.82) is 0 Å². The standard InChI is InChI=1S/C14H14F2N2O3/c1-7-4-8(10(16)5-9(7)15)13(19)12-14(21-3)18-11(20-2)6-17-12/h4-6,13,19H,1-3H3. The number of hydrogen-bond donors (Lipinski definition) is 1. The Hall–Kier alpha value is -2.28. The highest BCUT2D eigenvalue weighted by Crippen LogP contribution is 2.30. The van der Waals surface area contributed by atoms with E-state index in [4.69, 9.17) is 9.47 Å². The third-order valence-corrected chi connectivity index (χ3v) is 2.98. The van der Waals surface area contributed by atoms with Crippen LogP contribution in [0, 0.1) is 18.6 Å². The van der Waals surface area contributed by atoms with E-state index in [-0.39, 0.29) is 28.6 Å². The molecule has 2 rings (SSSR count). The Morgan fingerprint density at radius 1 is 1.14 bits per heavy atom. The average molecular weight is 296 g/mol. The van der Waals surface area contributed by atoms with Gasteiger partial charge in [0.1, 0.15) is 23.4 Å². The Kier molecular flexibility index (Phi) is 4.32. The van der Waals surface area contributed by atoms with Crippen LogP contribution in [0.15, 0.2) is 18.3 Å². The first-order valence-corrected chi connectivity index (χ1v) is 6.06. The van der Waals surface area contributed by atoms with E-state index in [1.54, 1.807) is 0 Å². The summed E-state index contributed by atoms with van der Waals surface area (Å²) in [4.78, 5) is 7.93. The van der Waals surface area contributed by atoms with Crippen LogP contribution in [-0.4, -0.2) is 29.3 Å². The molecule has 0 aliphatic rings. The van der Waals surface area contributed by atoms with Gasteiger partial charge >= 0.3 is 0 Å². The van der Waals surface area contributed by atoms with Crippen molar-refractivity contribution in [2.45, 2.75) is 13.0 Å². The number of aliphatic hydroxyl groups excluding tert-OH is 1. The fourth-order valence-corrected chi connectivity index (χ4v) is 1.84. The van der Waals surface area contributed by atoms with Gasteiger partial charge < -0.3 is 14.6 Å². The van der Waals surface area contributed by atoms with Crippen molar-refractivity contribution in [2.24, 2.45) is 0 Å². The minimum atomic E-state index is -1.43. The van der Waals surface area contributed by atoms with Crippen LogP contribution < -0.4 is 9.47 Å². The molecule has 0 saturated heterocycles. The van der Waals surface area contributed by atoms with Gasteiger partial charge in [-0.05, 0) is 18.6 Å². The van der Waals surface area contributed by atoms with Crippen molar-refractivity contribution in [3.8, 4) is 11.8 Å². The van der Waals surface area contributed by atoms with E-state index in [0.29, 0.717) is 0 Å². The van der Waals surface area contributed by atoms with Gasteiger partial charge in [-0.2, -0.15) is 4.98 Å². The summed E-state index contributed by atoms with van der Waals surface area (Å²) in [5.74, 6) is -1.36. The quantitative estimate of drug-likeness (QED) is 0.936. The van der Waals surface area contributed by atoms with Crippen molar-refractivity contribution in [1.82, 2.24) is 9.97 Å². The molecule has 0 amide bonds. The molecule has 112 valence electrons. The third-order valence-electron chi connectivity index (χ3n) is 2.98. The van der Waals surface area contributed by atoms with E-state index in [9.17, 15) is 13.9 Å². The van der Waals surface area contributed by atoms with Crippen molar-refractivity contribution in [3.05, 3.63) is 46.8 Å². The molecule has 1 aromatic heterocycles. The predicted molar refractivity (Wildman–Crippen MR) is 70.3 cm³/mol. The average Bonchev–Trinajstić information content (AvgIpc) is 2.49. The van der Waals surface area contributed by atoms with E-state index >= 15 is 0 Å². The smallest absolute Gasteiger partial charge is 0.241 e. The second kappa shape index (κ2) is 6.01. The zero-order valence-corrected chi connectivity index (χ0v) is 11.7. The lowest BCUT2D eigenvalue weighted by atomic mass is 10.0. The molecule has 21 heavy (non-hydrogen) atoms. The van der Waals surface area contributed by atoms with Gasteiger partial charge in [0.25, 0.3) is 0 Å². The molecule has 1 N–H and O–H groups in total. The molecule has 5 nitrogen and oxygen atoms in total. The monoisotopic (exact) mass is 296 g/mol. The fourth-order valence-electron chi connectivity index (χ4n) is 1.84. The van der Waals surface area contributed by atoms with Crippen LogP contribution in [0.2, 0.25) is 0 Å². The number of halogens is 2. The number of aliphatic hydroxyl groups is 1. The zero-order chi connectivity index (χ0) is 15.6. The number of nitrogens with zero attached hydrogens (tertiary/aromatic N) is 2. The number of aryl methyl sites for hydroxylation is 1. The lowest BCUT2D eigenvalue weighted by Crippen LogP contribution is -2.09. The summed E-state index contributed by atoms with van der Waals surface area (Å²) in [6, 6.07) is 1.94. The molecule has 1 unspecified atom stereocenters. The molecule has 0 radical (unpaired) electrons. The molecule has 0 aliphatic heterocycles. The van der Waals surface area contributed by atoms with Gasteiger partial charge in [-0.15, -0.1) is 0 Å². The third kappa shape index (κ3) is 2.92. The summed E-state index contributed by atoms with van der Waals surface area (Å²) in [5.41, 5.74) is 0.126. The molecular formula is C14H14F2N2O3. The molecule has 0 spiro atoms. The van der Waals surface area contributed by atoms with E-state index in [1.807, 2.05) is 0 Å². The van der Waals surface area contributed by atoms with Crippen LogP contribution >= 0.6 is 0 Å². The SMILES string of the molecule is COc1cnc(C(O)c2cc(C)c(F)cc2F)c(OC)n1. The summed E-state index contributed by atoms with van der Waals surface area (Å²) in [5, 5.41) is 10.3. The number of aromatic nitrogens is 2. The fraction of sp³-hybridized carbons (Fsp3) is 0.286. The number of rotatable bonds is 4. The summed E-state index contributed by atoms with van der Waals surface area (Å²) in [6.45, 7) is 1.47. The Bertz CT molecular complexity index is 665. The maximum atomic E-state index is 13.8. The molecule has 0 fully saturated rings. The topological polar surface area (TPSA) is 64.5 Å². The Morgan fingerprint density at radius 3 is 2.48 bits per heavy atom. The van der Waals surface area contributed by atoms with E-state index in [2.05, 4.69) is 9.97 Å². The van der Waals surface area contributed by atoms with Gasteiger partial charge in [-0.3, -0.25) is 0 Å². The molecule has 1 aromatic carbocycles. The molecule has 2 aromatic rings. The van der Waals surface area contributed by atoms with Gasteiger partial charge in [-0.25, -0.2) is 13.8 Å². The minimum absolute atomic E-state index is 0.00299. The molecule has 0 aliphatic carbocycles. The molecule has 7 heteroatoms. The number of ether oxygens (including phenoxy) is 2. The Balaban J connectivity index is 2.49. The summed E-state index contributed by atoms with van der Waals surface area (Å²) in [6.07, 6.45) is -0.160. The molecular weight excluding hydrogens is 282 g/mol. The van der Waals surface area contributed by atoms with Crippen molar-refractivity contribution in [2.75, 3.05) is 14.2 Å². The molecule has 0 saturated carbocycles. The van der Waals surface area contributed by atoms with Gasteiger partial charge in [0.15, 0.2) is 0 Å². The molecule has 0 bridgehead atoms. The number of hydrogen-bond acceptors (Lipinski definition) is 5. The normalized spacial score (nSPS) is 12.1. The van der Waals surface area contributed by atoms with Crippen LogP contribution in [0.25, 0.3) is 0 Å². The Labute approximate surface area is 120 Å². The number of methoxy groups -OCH3 is 2. The van der Waals surface area contributed by atoms with E-state index < -0.39 is 17.7 Å². The summed E-state index contributed by atoms with van der Waals surface area (Å²) < 4.78 is 37.0. The van der Waals surface area contributed by atoms with Gasteiger partial charge in [0, 0.05) is 11.6 Å². The second-order valence-electron chi connectivity index (χ2n) is 4.33. The van der Waals surface area contributed by atoms with E-state index in [1.165, 1.54) is 33.4 Å². The first kappa shape index (κ1) is 15.1. The predicted octanol–water partition coefficient (Wildman–Crippen LogP) is 2.16. The highest BCUT2D eigenvalue weighted by atomic mass is 19.1. The van der Waals surface area contributed by atoms with Crippen LogP contribution in [0.5, 0.6) is 11.8 Å². The molecule has 1 heterocycles. The highest BCUT2D eigenvalue weighted by Gasteiger charge is 2.23. The maximum Gasteiger partial charge on any atom is 0.241 e. The summed E-state index contributed by atoms with van der Waals surface area (Å²) in [7, 11) is 2.74. The second-order valence-corrected chi connectivity index (χ2v) is 4.33. The van der Waals surface area contributed by atoms with Crippen LogP contribution in [-0.2, 0) is 0 Å². The van der Waals surface area contributed by atoms with Crippen LogP contribution in [0.4, 0.5) is 8.78 Å². The first-order chi connectivity index (χ1) is 9.97. The number of benzene rings is 1. The first-order valence-electron chi connectivity index (χ1n) is 6.06. The summed E-state index contributed by atoms with van der Waals surface area (Å²) >= 11 is 0. The van der Waals surface area contributed by atoms with Crippen molar-refractivity contribution < 1.29 is 23.4 Å². The van der Waals surface area contributed by atoms with Crippen molar-refractivity contribution >= 4 is 0 Å². The van der Waals surface area contributed by atoms with Crippen LogP contribution in [0.1, 0.15) is 22.9 Å². The van der Waals surface area contributed by atoms with Gasteiger partial charge in [-0.1, -0.05) is 0 Å². The van der Waals surface area contributed by atoms with E-state index in [0.717, 1.165) is 6.07 Å². The Morgan fingerprint density at radius 2 is 1.86 bits per heavy atom.